The van der Waals surface area contributed by atoms with Crippen LogP contribution in [0.4, 0.5) is 5.69 Å². The molecule has 0 radical (unpaired) electrons. The first-order valence-corrected chi connectivity index (χ1v) is 7.53. The first-order valence-electron chi connectivity index (χ1n) is 7.53. The summed E-state index contributed by atoms with van der Waals surface area (Å²) in [6.45, 7) is 3.72. The number of rotatable bonds is 5. The fourth-order valence-electron chi connectivity index (χ4n) is 2.84. The molecular formula is C17H20N4O. The molecule has 0 unspecified atom stereocenters. The van der Waals surface area contributed by atoms with Gasteiger partial charge < -0.3 is 9.80 Å². The van der Waals surface area contributed by atoms with Gasteiger partial charge in [-0.1, -0.05) is 25.1 Å². The van der Waals surface area contributed by atoms with E-state index in [2.05, 4.69) is 24.0 Å². The van der Waals surface area contributed by atoms with E-state index in [4.69, 9.17) is 10.5 Å². The molecule has 0 aromatic heterocycles. The number of para-hydroxylation sites is 1. The summed E-state index contributed by atoms with van der Waals surface area (Å²) in [4.78, 5) is 15.7. The summed E-state index contributed by atoms with van der Waals surface area (Å²) in [5.74, 6) is 0.399. The van der Waals surface area contributed by atoms with Crippen molar-refractivity contribution in [2.45, 2.75) is 25.7 Å². The molecular weight excluding hydrogens is 276 g/mol. The maximum absolute atomic E-state index is 12.1. The van der Waals surface area contributed by atoms with Crippen molar-refractivity contribution in [1.82, 2.24) is 4.90 Å². The Hall–Kier alpha value is -2.53. The molecule has 1 heterocycles. The Morgan fingerprint density at radius 2 is 2.00 bits per heavy atom. The number of anilines is 1. The summed E-state index contributed by atoms with van der Waals surface area (Å²) >= 11 is 0. The third-order valence-electron chi connectivity index (χ3n) is 4.11. The predicted octanol–water partition coefficient (Wildman–Crippen LogP) is 2.27. The minimum atomic E-state index is -0.140. The maximum atomic E-state index is 12.1. The number of nitrogens with zero attached hydrogens (tertiary/aromatic N) is 4. The van der Waals surface area contributed by atoms with Gasteiger partial charge in [-0.15, -0.1) is 0 Å². The van der Waals surface area contributed by atoms with E-state index in [0.717, 1.165) is 13.0 Å². The molecule has 1 aromatic carbocycles. The highest BCUT2D eigenvalue weighted by atomic mass is 16.2. The zero-order chi connectivity index (χ0) is 15.9. The number of hydrogen-bond acceptors (Lipinski definition) is 4. The molecule has 0 saturated heterocycles. The quantitative estimate of drug-likeness (QED) is 0.781. The van der Waals surface area contributed by atoms with Crippen molar-refractivity contribution in [2.24, 2.45) is 0 Å². The topological polar surface area (TPSA) is 71.1 Å². The van der Waals surface area contributed by atoms with Gasteiger partial charge in [0.15, 0.2) is 0 Å². The fraction of sp³-hybridized carbons (Fsp3) is 0.471. The zero-order valence-electron chi connectivity index (χ0n) is 12.8. The number of amides is 1. The highest BCUT2D eigenvalue weighted by Gasteiger charge is 2.22. The van der Waals surface area contributed by atoms with E-state index in [1.807, 2.05) is 24.3 Å². The maximum Gasteiger partial charge on any atom is 0.226 e. The Balaban J connectivity index is 2.01. The average Bonchev–Trinajstić information content (AvgIpc) is 2.54. The highest BCUT2D eigenvalue weighted by Crippen LogP contribution is 2.34. The van der Waals surface area contributed by atoms with Crippen molar-refractivity contribution in [3.8, 4) is 12.1 Å². The summed E-state index contributed by atoms with van der Waals surface area (Å²) in [6.07, 6.45) is 1.40. The van der Waals surface area contributed by atoms with Crippen molar-refractivity contribution in [1.29, 1.82) is 10.5 Å². The van der Waals surface area contributed by atoms with Gasteiger partial charge in [-0.2, -0.15) is 10.5 Å². The van der Waals surface area contributed by atoms with Crippen molar-refractivity contribution < 1.29 is 4.79 Å². The van der Waals surface area contributed by atoms with Crippen LogP contribution in [0.1, 0.15) is 31.2 Å². The van der Waals surface area contributed by atoms with E-state index < -0.39 is 0 Å². The first kappa shape index (κ1) is 15.9. The highest BCUT2D eigenvalue weighted by molar-refractivity contribution is 5.77. The third kappa shape index (κ3) is 3.56. The molecule has 22 heavy (non-hydrogen) atoms. The molecule has 0 fully saturated rings. The molecule has 1 aliphatic rings. The van der Waals surface area contributed by atoms with Crippen LogP contribution in [0.2, 0.25) is 0 Å². The molecule has 5 heteroatoms. The number of nitriles is 2. The van der Waals surface area contributed by atoms with Crippen LogP contribution in [0.25, 0.3) is 0 Å². The van der Waals surface area contributed by atoms with Crippen molar-refractivity contribution in [3.05, 3.63) is 29.8 Å². The molecule has 5 nitrogen and oxygen atoms in total. The van der Waals surface area contributed by atoms with Gasteiger partial charge in [-0.25, -0.2) is 0 Å². The lowest BCUT2D eigenvalue weighted by Crippen LogP contribution is -2.37. The van der Waals surface area contributed by atoms with Crippen LogP contribution < -0.4 is 4.90 Å². The lowest BCUT2D eigenvalue weighted by Gasteiger charge is -2.34. The van der Waals surface area contributed by atoms with Gasteiger partial charge in [-0.05, 0) is 24.0 Å². The minimum Gasteiger partial charge on any atom is -0.371 e. The minimum absolute atomic E-state index is 0.0278. The monoisotopic (exact) mass is 296 g/mol. The normalized spacial score (nSPS) is 16.3. The van der Waals surface area contributed by atoms with E-state index in [9.17, 15) is 4.79 Å². The van der Waals surface area contributed by atoms with Gasteiger partial charge in [0.2, 0.25) is 5.91 Å². The SMILES string of the molecule is C[C@@H]1CCN(CCC(=O)N(CC#N)CC#N)c2ccccc21. The number of fused-ring (bicyclic) bond motifs is 1. The van der Waals surface area contributed by atoms with E-state index in [1.165, 1.54) is 16.2 Å². The van der Waals surface area contributed by atoms with Crippen LogP contribution in [-0.4, -0.2) is 37.0 Å². The van der Waals surface area contributed by atoms with E-state index >= 15 is 0 Å². The molecule has 0 bridgehead atoms. The first-order chi connectivity index (χ1) is 10.7. The summed E-state index contributed by atoms with van der Waals surface area (Å²) in [5, 5.41) is 17.4. The molecule has 1 atom stereocenters. The fourth-order valence-corrected chi connectivity index (χ4v) is 2.84. The number of carbonyl (C=O) groups is 1. The van der Waals surface area contributed by atoms with Crippen LogP contribution in [0.5, 0.6) is 0 Å². The molecule has 1 amide bonds. The molecule has 0 aliphatic carbocycles. The van der Waals surface area contributed by atoms with Crippen molar-refractivity contribution >= 4 is 11.6 Å². The van der Waals surface area contributed by atoms with Crippen molar-refractivity contribution in [3.63, 3.8) is 0 Å². The van der Waals surface area contributed by atoms with Gasteiger partial charge >= 0.3 is 0 Å². The second-order valence-corrected chi connectivity index (χ2v) is 5.55. The van der Waals surface area contributed by atoms with Gasteiger partial charge in [-0.3, -0.25) is 4.79 Å². The molecule has 114 valence electrons. The lowest BCUT2D eigenvalue weighted by atomic mass is 9.91. The lowest BCUT2D eigenvalue weighted by molar-refractivity contribution is -0.129. The van der Waals surface area contributed by atoms with Crippen LogP contribution in [0.15, 0.2) is 24.3 Å². The Labute approximate surface area is 131 Å². The largest absolute Gasteiger partial charge is 0.371 e. The third-order valence-corrected chi connectivity index (χ3v) is 4.11. The predicted molar refractivity (Wildman–Crippen MR) is 84.1 cm³/mol. The van der Waals surface area contributed by atoms with Crippen LogP contribution >= 0.6 is 0 Å². The van der Waals surface area contributed by atoms with Gasteiger partial charge in [0.25, 0.3) is 0 Å². The molecule has 1 aliphatic heterocycles. The van der Waals surface area contributed by atoms with Crippen LogP contribution in [0.3, 0.4) is 0 Å². The molecule has 0 saturated carbocycles. The second-order valence-electron chi connectivity index (χ2n) is 5.55. The Bertz CT molecular complexity index is 598. The number of hydrogen-bond donors (Lipinski definition) is 0. The molecule has 0 N–H and O–H groups in total. The Morgan fingerprint density at radius 3 is 2.68 bits per heavy atom. The summed E-state index contributed by atoms with van der Waals surface area (Å²) in [6, 6.07) is 12.2. The smallest absolute Gasteiger partial charge is 0.226 e. The standard InChI is InChI=1S/C17H20N4O/c1-14-6-10-20(16-5-3-2-4-15(14)16)11-7-17(22)21(12-8-18)13-9-19/h2-5,14H,6-7,10-13H2,1H3/t14-/m1/s1. The van der Waals surface area contributed by atoms with Crippen LogP contribution in [0, 0.1) is 22.7 Å². The van der Waals surface area contributed by atoms with Crippen molar-refractivity contribution in [2.75, 3.05) is 31.1 Å². The van der Waals surface area contributed by atoms with E-state index in [1.54, 1.807) is 0 Å². The average molecular weight is 296 g/mol. The second kappa shape index (κ2) is 7.47. The van der Waals surface area contributed by atoms with Gasteiger partial charge in [0, 0.05) is 25.2 Å². The number of carbonyl (C=O) groups excluding carboxylic acids is 1. The number of benzene rings is 1. The molecule has 2 rings (SSSR count). The van der Waals surface area contributed by atoms with E-state index in [-0.39, 0.29) is 19.0 Å². The molecule has 1 aromatic rings. The van der Waals surface area contributed by atoms with E-state index in [0.29, 0.717) is 18.9 Å². The summed E-state index contributed by atoms with van der Waals surface area (Å²) in [7, 11) is 0. The Morgan fingerprint density at radius 1 is 1.32 bits per heavy atom. The van der Waals surface area contributed by atoms with Gasteiger partial charge in [0.1, 0.15) is 13.1 Å². The van der Waals surface area contributed by atoms with Crippen LogP contribution in [-0.2, 0) is 4.79 Å². The molecule has 0 spiro atoms. The summed E-state index contributed by atoms with van der Waals surface area (Å²) < 4.78 is 0. The zero-order valence-corrected chi connectivity index (χ0v) is 12.8. The summed E-state index contributed by atoms with van der Waals surface area (Å²) in [5.41, 5.74) is 2.52. The Kier molecular flexibility index (Phi) is 5.38. The van der Waals surface area contributed by atoms with Gasteiger partial charge in [0.05, 0.1) is 12.1 Å².